The zero-order chi connectivity index (χ0) is 15.4. The third-order valence-electron chi connectivity index (χ3n) is 3.05. The van der Waals surface area contributed by atoms with Crippen LogP contribution >= 0.6 is 0 Å². The average Bonchev–Trinajstić information content (AvgIpc) is 2.42. The summed E-state index contributed by atoms with van der Waals surface area (Å²) in [7, 11) is 0. The molecule has 0 aromatic heterocycles. The quantitative estimate of drug-likeness (QED) is 0.431. The normalized spacial score (nSPS) is 13.3. The summed E-state index contributed by atoms with van der Waals surface area (Å²) in [6.45, 7) is 6.02. The van der Waals surface area contributed by atoms with Crippen molar-refractivity contribution in [3.8, 4) is 0 Å². The minimum atomic E-state index is -0.596. The number of carbonyl (C=O) groups excluding carboxylic acids is 3. The molecule has 0 N–H and O–H groups in total. The van der Waals surface area contributed by atoms with Gasteiger partial charge in [-0.1, -0.05) is 19.8 Å². The Morgan fingerprint density at radius 3 is 2.25 bits per heavy atom. The molecule has 0 spiro atoms. The Kier molecular flexibility index (Phi) is 10.6. The lowest BCUT2D eigenvalue weighted by Gasteiger charge is -2.18. The number of hydrogen-bond acceptors (Lipinski definition) is 5. The third kappa shape index (κ3) is 7.92. The Hall–Kier alpha value is -1.39. The van der Waals surface area contributed by atoms with Crippen molar-refractivity contribution in [3.05, 3.63) is 0 Å². The average molecular weight is 286 g/mol. The summed E-state index contributed by atoms with van der Waals surface area (Å²) in [5, 5.41) is 0. The van der Waals surface area contributed by atoms with E-state index in [4.69, 9.17) is 9.47 Å². The van der Waals surface area contributed by atoms with E-state index in [1.807, 2.05) is 6.92 Å². The van der Waals surface area contributed by atoms with Gasteiger partial charge >= 0.3 is 11.9 Å². The first-order valence-electron chi connectivity index (χ1n) is 7.36. The molecule has 0 amide bonds. The fraction of sp³-hybridized carbons (Fsp3) is 0.800. The van der Waals surface area contributed by atoms with Gasteiger partial charge in [0.05, 0.1) is 25.6 Å². The molecule has 0 rings (SSSR count). The maximum absolute atomic E-state index is 11.9. The second kappa shape index (κ2) is 11.4. The molecule has 5 nitrogen and oxygen atoms in total. The summed E-state index contributed by atoms with van der Waals surface area (Å²) in [5.74, 6) is -1.66. The van der Waals surface area contributed by atoms with E-state index in [0.717, 1.165) is 25.5 Å². The van der Waals surface area contributed by atoms with Gasteiger partial charge in [0.1, 0.15) is 6.29 Å². The van der Waals surface area contributed by atoms with Crippen LogP contribution in [-0.2, 0) is 23.9 Å². The number of rotatable bonds is 11. The van der Waals surface area contributed by atoms with Crippen LogP contribution in [0.1, 0.15) is 52.9 Å². The van der Waals surface area contributed by atoms with Crippen LogP contribution in [0, 0.1) is 11.8 Å². The zero-order valence-corrected chi connectivity index (χ0v) is 12.7. The summed E-state index contributed by atoms with van der Waals surface area (Å²) in [4.78, 5) is 34.5. The minimum absolute atomic E-state index is 0.0247. The molecule has 0 saturated carbocycles. The van der Waals surface area contributed by atoms with Crippen molar-refractivity contribution in [1.29, 1.82) is 0 Å². The van der Waals surface area contributed by atoms with Gasteiger partial charge in [0.25, 0.3) is 0 Å². The first kappa shape index (κ1) is 18.6. The van der Waals surface area contributed by atoms with Crippen molar-refractivity contribution < 1.29 is 23.9 Å². The van der Waals surface area contributed by atoms with Crippen LogP contribution in [0.4, 0.5) is 0 Å². The lowest BCUT2D eigenvalue weighted by Crippen LogP contribution is -2.25. The summed E-state index contributed by atoms with van der Waals surface area (Å²) < 4.78 is 9.83. The van der Waals surface area contributed by atoms with E-state index < -0.39 is 17.9 Å². The summed E-state index contributed by atoms with van der Waals surface area (Å²) >= 11 is 0. The van der Waals surface area contributed by atoms with Crippen molar-refractivity contribution in [2.24, 2.45) is 11.8 Å². The Morgan fingerprint density at radius 2 is 1.75 bits per heavy atom. The maximum Gasteiger partial charge on any atom is 0.309 e. The molecule has 0 aromatic rings. The largest absolute Gasteiger partial charge is 0.466 e. The van der Waals surface area contributed by atoms with E-state index >= 15 is 0 Å². The molecule has 0 bridgehead atoms. The topological polar surface area (TPSA) is 69.7 Å². The highest BCUT2D eigenvalue weighted by Gasteiger charge is 2.27. The molecule has 0 saturated heterocycles. The third-order valence-corrected chi connectivity index (χ3v) is 3.05. The van der Waals surface area contributed by atoms with Crippen molar-refractivity contribution in [2.75, 3.05) is 13.2 Å². The van der Waals surface area contributed by atoms with Gasteiger partial charge in [-0.05, 0) is 26.7 Å². The van der Waals surface area contributed by atoms with E-state index in [1.165, 1.54) is 0 Å². The second-order valence-electron chi connectivity index (χ2n) is 4.73. The van der Waals surface area contributed by atoms with Gasteiger partial charge in [-0.2, -0.15) is 0 Å². The number of ether oxygens (including phenoxy) is 2. The number of hydrogen-bond donors (Lipinski definition) is 0. The molecule has 0 aromatic carbocycles. The van der Waals surface area contributed by atoms with Crippen molar-refractivity contribution in [2.45, 2.75) is 52.9 Å². The Labute approximate surface area is 121 Å². The number of carbonyl (C=O) groups is 3. The molecule has 0 fully saturated rings. The van der Waals surface area contributed by atoms with Crippen molar-refractivity contribution in [1.82, 2.24) is 0 Å². The van der Waals surface area contributed by atoms with Crippen LogP contribution in [0.25, 0.3) is 0 Å². The van der Waals surface area contributed by atoms with Gasteiger partial charge in [0.15, 0.2) is 0 Å². The van der Waals surface area contributed by atoms with Gasteiger partial charge in [-0.15, -0.1) is 0 Å². The number of aldehydes is 1. The molecular weight excluding hydrogens is 260 g/mol. The van der Waals surface area contributed by atoms with Gasteiger partial charge in [0.2, 0.25) is 0 Å². The molecule has 0 heterocycles. The molecule has 0 aliphatic carbocycles. The maximum atomic E-state index is 11.9. The van der Waals surface area contributed by atoms with Crippen LogP contribution in [0.15, 0.2) is 0 Å². The fourth-order valence-electron chi connectivity index (χ4n) is 2.02. The highest BCUT2D eigenvalue weighted by atomic mass is 16.5. The molecular formula is C15H26O5. The highest BCUT2D eigenvalue weighted by molar-refractivity contribution is 5.80. The molecule has 5 heteroatoms. The Morgan fingerprint density at radius 1 is 1.10 bits per heavy atom. The first-order chi connectivity index (χ1) is 9.58. The molecule has 0 aliphatic heterocycles. The standard InChI is InChI=1S/C15H26O5/c1-4-7-8-12(11-16)9-13(15(18)20-6-3)10-14(17)19-5-2/h11-13H,4-10H2,1-3H3. The summed E-state index contributed by atoms with van der Waals surface area (Å²) in [6.07, 6.45) is 3.85. The molecule has 2 unspecified atom stereocenters. The number of unbranched alkanes of at least 4 members (excludes halogenated alkanes) is 1. The van der Waals surface area contributed by atoms with Crippen LogP contribution in [0.5, 0.6) is 0 Å². The smallest absolute Gasteiger partial charge is 0.309 e. The van der Waals surface area contributed by atoms with E-state index in [1.54, 1.807) is 13.8 Å². The van der Waals surface area contributed by atoms with E-state index in [9.17, 15) is 14.4 Å². The van der Waals surface area contributed by atoms with Gasteiger partial charge < -0.3 is 14.3 Å². The van der Waals surface area contributed by atoms with Gasteiger partial charge in [-0.25, -0.2) is 0 Å². The van der Waals surface area contributed by atoms with Crippen LogP contribution in [0.3, 0.4) is 0 Å². The van der Waals surface area contributed by atoms with Crippen LogP contribution < -0.4 is 0 Å². The monoisotopic (exact) mass is 286 g/mol. The first-order valence-corrected chi connectivity index (χ1v) is 7.36. The SMILES string of the molecule is CCCCC(C=O)CC(CC(=O)OCC)C(=O)OCC. The zero-order valence-electron chi connectivity index (χ0n) is 12.7. The summed E-state index contributed by atoms with van der Waals surface area (Å²) in [5.41, 5.74) is 0. The predicted molar refractivity (Wildman–Crippen MR) is 75.1 cm³/mol. The van der Waals surface area contributed by atoms with Crippen LogP contribution in [0.2, 0.25) is 0 Å². The Balaban J connectivity index is 4.60. The lowest BCUT2D eigenvalue weighted by atomic mass is 9.89. The van der Waals surface area contributed by atoms with Gasteiger partial charge in [0, 0.05) is 5.92 Å². The fourth-order valence-corrected chi connectivity index (χ4v) is 2.02. The van der Waals surface area contributed by atoms with E-state index in [-0.39, 0.29) is 25.6 Å². The number of esters is 2. The predicted octanol–water partition coefficient (Wildman–Crippen LogP) is 2.51. The van der Waals surface area contributed by atoms with Gasteiger partial charge in [-0.3, -0.25) is 9.59 Å². The molecule has 0 aliphatic rings. The van der Waals surface area contributed by atoms with Crippen molar-refractivity contribution >= 4 is 18.2 Å². The lowest BCUT2D eigenvalue weighted by molar-refractivity contribution is -0.155. The second-order valence-corrected chi connectivity index (χ2v) is 4.73. The van der Waals surface area contributed by atoms with Crippen LogP contribution in [-0.4, -0.2) is 31.4 Å². The molecule has 2 atom stereocenters. The minimum Gasteiger partial charge on any atom is -0.466 e. The van der Waals surface area contributed by atoms with E-state index in [0.29, 0.717) is 6.42 Å². The molecule has 116 valence electrons. The molecule has 0 radical (unpaired) electrons. The van der Waals surface area contributed by atoms with Crippen molar-refractivity contribution in [3.63, 3.8) is 0 Å². The highest BCUT2D eigenvalue weighted by Crippen LogP contribution is 2.21. The Bertz CT molecular complexity index is 301. The summed E-state index contributed by atoms with van der Waals surface area (Å²) in [6, 6.07) is 0. The molecule has 20 heavy (non-hydrogen) atoms. The van der Waals surface area contributed by atoms with E-state index in [2.05, 4.69) is 0 Å².